The number of rotatable bonds is 8. The maximum Gasteiger partial charge on any atom is 0.357 e. The molecule has 8 nitrogen and oxygen atoms in total. The van der Waals surface area contributed by atoms with Gasteiger partial charge in [-0.15, -0.1) is 0 Å². The average molecular weight is 499 g/mol. The highest BCUT2D eigenvalue weighted by Crippen LogP contribution is 2.23. The lowest BCUT2D eigenvalue weighted by Gasteiger charge is -2.11. The fourth-order valence-electron chi connectivity index (χ4n) is 2.70. The monoisotopic (exact) mass is 499 g/mol. The number of halogens is 3. The van der Waals surface area contributed by atoms with Crippen LogP contribution in [-0.2, 0) is 19.4 Å². The Hall–Kier alpha value is -3.32. The smallest absolute Gasteiger partial charge is 0.357 e. The molecule has 0 saturated carbocycles. The van der Waals surface area contributed by atoms with Crippen molar-refractivity contribution in [3.05, 3.63) is 66.2 Å². The van der Waals surface area contributed by atoms with Gasteiger partial charge in [-0.2, -0.15) is 8.78 Å². The largest absolute Gasteiger partial charge is 0.451 e. The van der Waals surface area contributed by atoms with Gasteiger partial charge in [0.15, 0.2) is 17.5 Å². The molecule has 1 heterocycles. The van der Waals surface area contributed by atoms with Gasteiger partial charge in [0.25, 0.3) is 5.91 Å². The maximum absolute atomic E-state index is 13.2. The fourth-order valence-corrected chi connectivity index (χ4v) is 3.96. The Bertz CT molecular complexity index is 1260. The first-order valence-electron chi connectivity index (χ1n) is 9.10. The standard InChI is InChI=1S/C20H16F3N3O5S2/c1-32-20-24-10-16(26(20)14-6-2-12(21)3-7-14)18(28)31-11-17(27)25-13-4-8-15(9-5-13)33(29,30)19(22)23/h2-10,19H,11H2,1H3,(H,25,27). The zero-order valence-electron chi connectivity index (χ0n) is 16.9. The third-order valence-electron chi connectivity index (χ3n) is 4.24. The van der Waals surface area contributed by atoms with E-state index < -0.39 is 44.8 Å². The molecule has 0 aliphatic heterocycles. The third kappa shape index (κ3) is 5.54. The molecule has 0 atom stereocenters. The fraction of sp³-hybridized carbons (Fsp3) is 0.150. The zero-order chi connectivity index (χ0) is 24.2. The van der Waals surface area contributed by atoms with E-state index in [9.17, 15) is 31.2 Å². The lowest BCUT2D eigenvalue weighted by molar-refractivity contribution is -0.119. The van der Waals surface area contributed by atoms with Gasteiger partial charge in [0.2, 0.25) is 9.84 Å². The van der Waals surface area contributed by atoms with E-state index in [0.29, 0.717) is 10.8 Å². The summed E-state index contributed by atoms with van der Waals surface area (Å²) in [5.74, 6) is -5.62. The Morgan fingerprint density at radius 1 is 1.12 bits per heavy atom. The summed E-state index contributed by atoms with van der Waals surface area (Å²) < 4.78 is 67.7. The number of carbonyl (C=O) groups excluding carboxylic acids is 2. The molecule has 1 amide bonds. The number of aromatic nitrogens is 2. The number of ether oxygens (including phenoxy) is 1. The second-order valence-electron chi connectivity index (χ2n) is 6.40. The van der Waals surface area contributed by atoms with Crippen molar-refractivity contribution in [1.29, 1.82) is 0 Å². The molecule has 13 heteroatoms. The molecule has 3 rings (SSSR count). The lowest BCUT2D eigenvalue weighted by Crippen LogP contribution is -2.22. The number of imidazole rings is 1. The molecule has 0 aliphatic carbocycles. The molecule has 0 saturated heterocycles. The molecular formula is C20H16F3N3O5S2. The molecule has 2 aromatic carbocycles. The van der Waals surface area contributed by atoms with Gasteiger partial charge in [0.05, 0.1) is 11.1 Å². The normalized spacial score (nSPS) is 11.4. The molecule has 0 spiro atoms. The van der Waals surface area contributed by atoms with Crippen LogP contribution in [0.1, 0.15) is 10.5 Å². The summed E-state index contributed by atoms with van der Waals surface area (Å²) in [6.45, 7) is -0.681. The highest BCUT2D eigenvalue weighted by atomic mass is 32.2. The molecule has 0 aliphatic rings. The minimum Gasteiger partial charge on any atom is -0.451 e. The number of hydrogen-bond donors (Lipinski definition) is 1. The first kappa shape index (κ1) is 24.3. The summed E-state index contributed by atoms with van der Waals surface area (Å²) in [6, 6.07) is 9.46. The highest BCUT2D eigenvalue weighted by molar-refractivity contribution is 7.98. The number of benzene rings is 2. The van der Waals surface area contributed by atoms with Crippen LogP contribution in [0.5, 0.6) is 0 Å². The quantitative estimate of drug-likeness (QED) is 0.373. The van der Waals surface area contributed by atoms with Gasteiger partial charge in [-0.05, 0) is 54.8 Å². The molecule has 1 N–H and O–H groups in total. The van der Waals surface area contributed by atoms with Crippen LogP contribution < -0.4 is 5.32 Å². The Morgan fingerprint density at radius 3 is 2.33 bits per heavy atom. The van der Waals surface area contributed by atoms with E-state index in [-0.39, 0.29) is 11.4 Å². The maximum atomic E-state index is 13.2. The Kier molecular flexibility index (Phi) is 7.43. The van der Waals surface area contributed by atoms with Crippen molar-refractivity contribution in [2.24, 2.45) is 0 Å². The van der Waals surface area contributed by atoms with Crippen LogP contribution >= 0.6 is 11.8 Å². The predicted molar refractivity (Wildman–Crippen MR) is 114 cm³/mol. The van der Waals surface area contributed by atoms with E-state index in [0.717, 1.165) is 24.3 Å². The van der Waals surface area contributed by atoms with Crippen LogP contribution in [0.3, 0.4) is 0 Å². The van der Waals surface area contributed by atoms with Crippen molar-refractivity contribution in [3.8, 4) is 5.69 Å². The van der Waals surface area contributed by atoms with Crippen molar-refractivity contribution >= 4 is 39.2 Å². The van der Waals surface area contributed by atoms with Crippen molar-refractivity contribution in [2.45, 2.75) is 15.8 Å². The summed E-state index contributed by atoms with van der Waals surface area (Å²) in [5, 5.41) is 2.80. The summed E-state index contributed by atoms with van der Waals surface area (Å²) in [7, 11) is -4.75. The van der Waals surface area contributed by atoms with Crippen LogP contribution in [-0.4, -0.2) is 48.5 Å². The van der Waals surface area contributed by atoms with E-state index in [1.54, 1.807) is 6.26 Å². The van der Waals surface area contributed by atoms with E-state index in [4.69, 9.17) is 4.74 Å². The first-order chi connectivity index (χ1) is 15.6. The summed E-state index contributed by atoms with van der Waals surface area (Å²) >= 11 is 1.24. The molecule has 0 bridgehead atoms. The first-order valence-corrected chi connectivity index (χ1v) is 11.9. The van der Waals surface area contributed by atoms with E-state index >= 15 is 0 Å². The number of nitrogens with zero attached hydrogens (tertiary/aromatic N) is 2. The highest BCUT2D eigenvalue weighted by Gasteiger charge is 2.26. The lowest BCUT2D eigenvalue weighted by atomic mass is 10.3. The zero-order valence-corrected chi connectivity index (χ0v) is 18.5. The minimum absolute atomic E-state index is 0.0142. The molecule has 3 aromatic rings. The molecule has 1 aromatic heterocycles. The van der Waals surface area contributed by atoms with Gasteiger partial charge in [-0.3, -0.25) is 9.36 Å². The number of esters is 1. The molecule has 0 radical (unpaired) electrons. The van der Waals surface area contributed by atoms with Crippen LogP contribution in [0.15, 0.2) is 64.8 Å². The number of carbonyl (C=O) groups is 2. The van der Waals surface area contributed by atoms with Crippen LogP contribution in [0, 0.1) is 5.82 Å². The van der Waals surface area contributed by atoms with Crippen molar-refractivity contribution in [3.63, 3.8) is 0 Å². The summed E-state index contributed by atoms with van der Waals surface area (Å²) in [5.41, 5.74) is 0.596. The molecule has 174 valence electrons. The van der Waals surface area contributed by atoms with Gasteiger partial charge in [0.1, 0.15) is 5.82 Å². The second-order valence-corrected chi connectivity index (χ2v) is 9.09. The Balaban J connectivity index is 1.66. The van der Waals surface area contributed by atoms with Gasteiger partial charge in [0, 0.05) is 11.4 Å². The molecular weight excluding hydrogens is 483 g/mol. The van der Waals surface area contributed by atoms with E-state index in [1.807, 2.05) is 0 Å². The van der Waals surface area contributed by atoms with E-state index in [1.165, 1.54) is 46.8 Å². The number of hydrogen-bond acceptors (Lipinski definition) is 7. The second kappa shape index (κ2) is 10.1. The van der Waals surface area contributed by atoms with Crippen molar-refractivity contribution in [1.82, 2.24) is 9.55 Å². The van der Waals surface area contributed by atoms with E-state index in [2.05, 4.69) is 10.3 Å². The predicted octanol–water partition coefficient (Wildman–Crippen LogP) is 3.53. The summed E-state index contributed by atoms with van der Waals surface area (Å²) in [4.78, 5) is 28.1. The summed E-state index contributed by atoms with van der Waals surface area (Å²) in [6.07, 6.45) is 3.00. The number of sulfone groups is 1. The van der Waals surface area contributed by atoms with Gasteiger partial charge in [-0.25, -0.2) is 22.6 Å². The Labute approximate surface area is 190 Å². The van der Waals surface area contributed by atoms with Crippen molar-refractivity contribution in [2.75, 3.05) is 18.2 Å². The molecule has 33 heavy (non-hydrogen) atoms. The topological polar surface area (TPSA) is 107 Å². The van der Waals surface area contributed by atoms with Crippen LogP contribution in [0.25, 0.3) is 5.69 Å². The Morgan fingerprint density at radius 2 is 1.76 bits per heavy atom. The number of alkyl halides is 2. The van der Waals surface area contributed by atoms with Gasteiger partial charge >= 0.3 is 11.7 Å². The van der Waals surface area contributed by atoms with Gasteiger partial charge in [-0.1, -0.05) is 11.8 Å². The molecule has 0 fully saturated rings. The van der Waals surface area contributed by atoms with Crippen LogP contribution in [0.4, 0.5) is 18.9 Å². The number of amides is 1. The number of nitrogens with one attached hydrogen (secondary N) is 1. The SMILES string of the molecule is CSc1ncc(C(=O)OCC(=O)Nc2ccc(S(=O)(=O)C(F)F)cc2)n1-c1ccc(F)cc1. The van der Waals surface area contributed by atoms with Gasteiger partial charge < -0.3 is 10.1 Å². The third-order valence-corrected chi connectivity index (χ3v) is 6.29. The van der Waals surface area contributed by atoms with Crippen molar-refractivity contribution < 1.29 is 35.9 Å². The average Bonchev–Trinajstić information content (AvgIpc) is 3.22. The van der Waals surface area contributed by atoms with Crippen LogP contribution in [0.2, 0.25) is 0 Å². The number of anilines is 1. The number of thioether (sulfide) groups is 1. The minimum atomic E-state index is -4.75. The molecule has 0 unspecified atom stereocenters.